The van der Waals surface area contributed by atoms with Gasteiger partial charge in [0.15, 0.2) is 0 Å². The number of phenolic OH excluding ortho intramolecular Hbond substituents is 2. The molecule has 6 aromatic carbocycles. The van der Waals surface area contributed by atoms with Crippen LogP contribution in [0.5, 0.6) is 23.0 Å². The Morgan fingerprint density at radius 1 is 0.425 bits per heavy atom. The van der Waals surface area contributed by atoms with Crippen LogP contribution in [0.3, 0.4) is 0 Å². The Hall–Kier alpha value is -6.94. The van der Waals surface area contributed by atoms with Crippen molar-refractivity contribution in [1.82, 2.24) is 10.6 Å². The lowest BCUT2D eigenvalue weighted by Crippen LogP contribution is -2.42. The van der Waals surface area contributed by atoms with Gasteiger partial charge in [-0.25, -0.2) is 9.59 Å². The summed E-state index contributed by atoms with van der Waals surface area (Å²) in [4.78, 5) is 26.9. The molecular formula is C70H86N2O8. The molecule has 0 aromatic heterocycles. The summed E-state index contributed by atoms with van der Waals surface area (Å²) < 4.78 is 26.2. The SMILES string of the molecule is CC(C)(C)c1cc2c(O)c(c1)Cc1cc(C(C)(C)C)cc(c1O[C@@H]1CCC[C@@H]1NC(=O)OCc1ccccc1)Cc1cc(C(C)(C)C)cc(c1O)Cc1cc(C(C)(C)C)cc(c1OC1CCC[C@H]1NC(=O)OCc1ccccc1)C2. The van der Waals surface area contributed by atoms with Gasteiger partial charge in [0, 0.05) is 25.7 Å². The van der Waals surface area contributed by atoms with Crippen LogP contribution >= 0.6 is 0 Å². The zero-order valence-electron chi connectivity index (χ0n) is 49.5. The smallest absolute Gasteiger partial charge is 0.407 e. The summed E-state index contributed by atoms with van der Waals surface area (Å²) in [6.45, 7) is 26.9. The molecule has 80 heavy (non-hydrogen) atoms. The first-order chi connectivity index (χ1) is 37.8. The molecule has 4 atom stereocenters. The van der Waals surface area contributed by atoms with Crippen LogP contribution < -0.4 is 20.1 Å². The van der Waals surface area contributed by atoms with Crippen molar-refractivity contribution in [3.8, 4) is 23.0 Å². The summed E-state index contributed by atoms with van der Waals surface area (Å²) in [6.07, 6.45) is 4.32. The van der Waals surface area contributed by atoms with Gasteiger partial charge in [-0.15, -0.1) is 0 Å². The summed E-state index contributed by atoms with van der Waals surface area (Å²) in [5.41, 5.74) is 11.8. The molecule has 424 valence electrons. The first kappa shape index (κ1) is 57.7. The molecule has 4 N–H and O–H groups in total. The van der Waals surface area contributed by atoms with Gasteiger partial charge < -0.3 is 39.8 Å². The number of ether oxygens (including phenoxy) is 4. The molecule has 2 fully saturated rings. The summed E-state index contributed by atoms with van der Waals surface area (Å²) >= 11 is 0. The van der Waals surface area contributed by atoms with E-state index in [1.165, 1.54) is 0 Å². The zero-order chi connectivity index (χ0) is 57.3. The highest BCUT2D eigenvalue weighted by Crippen LogP contribution is 2.45. The zero-order valence-corrected chi connectivity index (χ0v) is 49.5. The average molecular weight is 1080 g/mol. The van der Waals surface area contributed by atoms with E-state index in [1.54, 1.807) is 0 Å². The molecule has 0 radical (unpaired) electrons. The third-order valence-electron chi connectivity index (χ3n) is 16.5. The summed E-state index contributed by atoms with van der Waals surface area (Å²) in [6, 6.07) is 36.3. The van der Waals surface area contributed by atoms with Gasteiger partial charge in [-0.3, -0.25) is 0 Å². The quantitative estimate of drug-likeness (QED) is 0.106. The second-order valence-electron chi connectivity index (χ2n) is 27.0. The standard InChI is InChI=1S/C70H86N2O8/c1-67(2,3)53-33-45-29-49-37-55(69(7,8)9)39-51(63(49)79-59-27-19-25-57(59)71-65(75)77-41-43-21-15-13-16-22-43)31-47-35-54(68(4,5)6)36-48(62(47)74)32-52-40-56(70(10,11)12)38-50(30-46(34-53)61(45)73)64(52)80-60-28-20-26-58(60)72-66(76)78-42-44-23-17-14-18-24-44/h13-18,21-24,33-40,57-60,73-74H,19-20,25-32,41-42H2,1-12H3,(H,71,75)(H,72,76)/t57-,58+,59+,60?/m0/s1. The van der Waals surface area contributed by atoms with Gasteiger partial charge >= 0.3 is 12.2 Å². The normalized spacial score (nSPS) is 18.6. The average Bonchev–Trinajstić information content (AvgIpc) is 4.05. The van der Waals surface area contributed by atoms with Crippen molar-refractivity contribution in [2.24, 2.45) is 0 Å². The minimum atomic E-state index is -0.487. The van der Waals surface area contributed by atoms with Crippen LogP contribution in [0.1, 0.15) is 199 Å². The van der Waals surface area contributed by atoms with E-state index in [2.05, 4.69) is 142 Å². The van der Waals surface area contributed by atoms with Crippen LogP contribution in [-0.4, -0.2) is 46.7 Å². The molecule has 8 bridgehead atoms. The molecule has 10 heteroatoms. The number of fused-ring (bicyclic) bond motifs is 8. The fourth-order valence-corrected chi connectivity index (χ4v) is 11.5. The predicted octanol–water partition coefficient (Wildman–Crippen LogP) is 15.4. The molecule has 2 saturated carbocycles. The highest BCUT2D eigenvalue weighted by Gasteiger charge is 2.36. The third kappa shape index (κ3) is 13.8. The van der Waals surface area contributed by atoms with Gasteiger partial charge in [0.1, 0.15) is 48.4 Å². The Morgan fingerprint density at radius 2 is 0.700 bits per heavy atom. The number of rotatable bonds is 10. The molecule has 0 aliphatic heterocycles. The minimum Gasteiger partial charge on any atom is -0.507 e. The molecule has 3 aliphatic rings. The number of alkyl carbamates (subject to hydrolysis) is 2. The molecule has 0 spiro atoms. The molecule has 9 rings (SSSR count). The molecule has 10 nitrogen and oxygen atoms in total. The maximum absolute atomic E-state index is 13.5. The van der Waals surface area contributed by atoms with E-state index in [0.717, 1.165) is 116 Å². The number of aromatic hydroxyl groups is 2. The second-order valence-corrected chi connectivity index (χ2v) is 27.0. The predicted molar refractivity (Wildman–Crippen MR) is 319 cm³/mol. The Kier molecular flexibility index (Phi) is 16.8. The first-order valence-corrected chi connectivity index (χ1v) is 29.1. The monoisotopic (exact) mass is 1080 g/mol. The van der Waals surface area contributed by atoms with Crippen LogP contribution in [-0.2, 0) is 70.0 Å². The number of phenols is 2. The maximum Gasteiger partial charge on any atom is 0.407 e. The van der Waals surface area contributed by atoms with E-state index in [9.17, 15) is 19.8 Å². The van der Waals surface area contributed by atoms with Gasteiger partial charge in [0.05, 0.1) is 12.1 Å². The lowest BCUT2D eigenvalue weighted by molar-refractivity contribution is 0.120. The van der Waals surface area contributed by atoms with Crippen LogP contribution in [0.25, 0.3) is 0 Å². The highest BCUT2D eigenvalue weighted by atomic mass is 16.6. The van der Waals surface area contributed by atoms with E-state index >= 15 is 0 Å². The Morgan fingerprint density at radius 3 is 0.975 bits per heavy atom. The summed E-state index contributed by atoms with van der Waals surface area (Å²) in [5, 5.41) is 32.3. The van der Waals surface area contributed by atoms with Crippen LogP contribution in [0, 0.1) is 0 Å². The van der Waals surface area contributed by atoms with Crippen molar-refractivity contribution in [2.75, 3.05) is 0 Å². The Labute approximate surface area is 476 Å². The minimum absolute atomic E-state index is 0.162. The van der Waals surface area contributed by atoms with Gasteiger partial charge in [-0.2, -0.15) is 0 Å². The lowest BCUT2D eigenvalue weighted by atomic mass is 9.79. The number of hydrogen-bond donors (Lipinski definition) is 4. The maximum atomic E-state index is 13.5. The second kappa shape index (κ2) is 23.3. The number of carbonyl (C=O) groups is 2. The van der Waals surface area contributed by atoms with E-state index in [1.807, 2.05) is 60.7 Å². The van der Waals surface area contributed by atoms with Crippen molar-refractivity contribution in [2.45, 2.75) is 206 Å². The highest BCUT2D eigenvalue weighted by molar-refractivity contribution is 5.68. The molecular weight excluding hydrogens is 997 g/mol. The number of nitrogens with one attached hydrogen (secondary N) is 2. The number of hydrogen-bond acceptors (Lipinski definition) is 8. The van der Waals surface area contributed by atoms with Gasteiger partial charge in [0.2, 0.25) is 0 Å². The van der Waals surface area contributed by atoms with Crippen molar-refractivity contribution >= 4 is 12.2 Å². The Bertz CT molecular complexity index is 2880. The van der Waals surface area contributed by atoms with Crippen molar-refractivity contribution in [1.29, 1.82) is 0 Å². The molecule has 0 saturated heterocycles. The first-order valence-electron chi connectivity index (χ1n) is 29.1. The van der Waals surface area contributed by atoms with Gasteiger partial charge in [0.25, 0.3) is 0 Å². The Balaban J connectivity index is 1.20. The fraction of sp³-hybridized carbons (Fsp3) is 0.457. The number of amides is 2. The van der Waals surface area contributed by atoms with Crippen molar-refractivity contribution < 1.29 is 38.7 Å². The third-order valence-corrected chi connectivity index (χ3v) is 16.5. The number of carbonyl (C=O) groups excluding carboxylic acids is 2. The lowest BCUT2D eigenvalue weighted by Gasteiger charge is -2.30. The van der Waals surface area contributed by atoms with Gasteiger partial charge in [-0.05, 0) is 138 Å². The van der Waals surface area contributed by atoms with Crippen LogP contribution in [0.2, 0.25) is 0 Å². The van der Waals surface area contributed by atoms with Crippen LogP contribution in [0.15, 0.2) is 109 Å². The largest absolute Gasteiger partial charge is 0.507 e. The fourth-order valence-electron chi connectivity index (χ4n) is 11.5. The molecule has 0 heterocycles. The number of benzene rings is 6. The van der Waals surface area contributed by atoms with Crippen molar-refractivity contribution in [3.63, 3.8) is 0 Å². The van der Waals surface area contributed by atoms with Gasteiger partial charge in [-0.1, -0.05) is 192 Å². The van der Waals surface area contributed by atoms with E-state index in [-0.39, 0.29) is 70.7 Å². The molecule has 6 aromatic rings. The summed E-state index contributed by atoms with van der Waals surface area (Å²) in [7, 11) is 0. The summed E-state index contributed by atoms with van der Waals surface area (Å²) in [5.74, 6) is 1.83. The van der Waals surface area contributed by atoms with E-state index in [4.69, 9.17) is 18.9 Å². The molecule has 1 unspecified atom stereocenters. The molecule has 2 amide bonds. The van der Waals surface area contributed by atoms with Crippen molar-refractivity contribution in [3.05, 3.63) is 187 Å². The molecule has 3 aliphatic carbocycles. The van der Waals surface area contributed by atoms with E-state index < -0.39 is 12.2 Å². The topological polar surface area (TPSA) is 136 Å². The van der Waals surface area contributed by atoms with E-state index in [0.29, 0.717) is 37.2 Å². The van der Waals surface area contributed by atoms with Crippen LogP contribution in [0.4, 0.5) is 9.59 Å².